The molecule has 0 radical (unpaired) electrons. The lowest BCUT2D eigenvalue weighted by Gasteiger charge is -2.19. The van der Waals surface area contributed by atoms with Gasteiger partial charge in [0, 0.05) is 21.5 Å². The zero-order valence-electron chi connectivity index (χ0n) is 45.7. The number of hydrogen-bond acceptors (Lipinski definition) is 2. The van der Waals surface area contributed by atoms with E-state index >= 15 is 0 Å². The van der Waals surface area contributed by atoms with Gasteiger partial charge in [-0.3, -0.25) is 0 Å². The normalized spacial score (nSPS) is 11.8. The van der Waals surface area contributed by atoms with Crippen molar-refractivity contribution in [3.8, 4) is 55.6 Å². The second-order valence-electron chi connectivity index (χ2n) is 22.1. The monoisotopic (exact) mass is 1070 g/mol. The molecule has 18 aromatic rings. The van der Waals surface area contributed by atoms with Crippen LogP contribution < -0.4 is 0 Å². The van der Waals surface area contributed by atoms with Gasteiger partial charge in [0.05, 0.1) is 0 Å². The van der Waals surface area contributed by atoms with Gasteiger partial charge in [-0.1, -0.05) is 261 Å². The van der Waals surface area contributed by atoms with Crippen molar-refractivity contribution in [1.29, 1.82) is 0 Å². The van der Waals surface area contributed by atoms with E-state index in [4.69, 9.17) is 8.83 Å². The van der Waals surface area contributed by atoms with Crippen molar-refractivity contribution in [2.24, 2.45) is 0 Å². The van der Waals surface area contributed by atoms with Gasteiger partial charge in [-0.05, 0) is 174 Å². The lowest BCUT2D eigenvalue weighted by atomic mass is 9.83. The summed E-state index contributed by atoms with van der Waals surface area (Å²) in [5.74, 6) is 0. The van der Waals surface area contributed by atoms with Gasteiger partial charge in [0.25, 0.3) is 0 Å². The van der Waals surface area contributed by atoms with Crippen LogP contribution in [0.4, 0.5) is 0 Å². The van der Waals surface area contributed by atoms with Gasteiger partial charge in [0.15, 0.2) is 0 Å². The van der Waals surface area contributed by atoms with Crippen LogP contribution in [-0.4, -0.2) is 0 Å². The van der Waals surface area contributed by atoms with Crippen LogP contribution in [0, 0.1) is 0 Å². The summed E-state index contributed by atoms with van der Waals surface area (Å²) in [7, 11) is 0. The number of fused-ring (bicyclic) bond motifs is 14. The molecule has 0 bridgehead atoms. The predicted molar refractivity (Wildman–Crippen MR) is 357 cm³/mol. The fourth-order valence-corrected chi connectivity index (χ4v) is 13.8. The first-order valence-corrected chi connectivity index (χ1v) is 28.9. The van der Waals surface area contributed by atoms with Gasteiger partial charge in [-0.15, -0.1) is 0 Å². The van der Waals surface area contributed by atoms with Gasteiger partial charge < -0.3 is 8.83 Å². The average Bonchev–Trinajstić information content (AvgIpc) is 2.53. The van der Waals surface area contributed by atoms with Gasteiger partial charge in [0.1, 0.15) is 22.3 Å². The summed E-state index contributed by atoms with van der Waals surface area (Å²) in [6.07, 6.45) is 0. The Bertz CT molecular complexity index is 5560. The molecule has 0 atom stereocenters. The molecule has 0 N–H and O–H groups in total. The van der Waals surface area contributed by atoms with E-state index in [1.54, 1.807) is 0 Å². The molecule has 2 nitrogen and oxygen atoms in total. The van der Waals surface area contributed by atoms with Gasteiger partial charge in [-0.2, -0.15) is 0 Å². The first-order valence-electron chi connectivity index (χ1n) is 28.9. The maximum absolute atomic E-state index is 6.36. The quantitative estimate of drug-likeness (QED) is 0.161. The third-order valence-electron chi connectivity index (χ3n) is 17.5. The fraction of sp³-hybridized carbons (Fsp3) is 0. The number of rotatable bonds is 5. The largest absolute Gasteiger partial charge is 0.456 e. The maximum atomic E-state index is 6.36. The molecule has 2 heterocycles. The van der Waals surface area contributed by atoms with Crippen molar-refractivity contribution < 1.29 is 8.83 Å². The summed E-state index contributed by atoms with van der Waals surface area (Å²) < 4.78 is 12.7. The second-order valence-corrected chi connectivity index (χ2v) is 22.1. The standard InChI is InChI=1S/C42H26O.C40H24O/c1-2-12-27(13-3-1)31-16-6-7-17-32(31)42-35-20-10-8-18-33(35)41(34-19-9-11-21-36(34)42)30-22-23-39-37(25-30)38-24-28-14-4-5-15-29(28)26-40(38)43-39;1-3-13-28-25(10-1)12-9-19-30(28)39-33-17-7-5-15-31(33)38(32-16-6-8-18-34(32)39)27-21-22-36-35(24-27)40-29-14-4-2-11-26(29)20-23-37(40)41-36/h1-26H;1-24H. The highest BCUT2D eigenvalue weighted by Gasteiger charge is 2.22. The average molecular weight is 1070 g/mol. The molecule has 0 amide bonds. The lowest BCUT2D eigenvalue weighted by molar-refractivity contribution is 0.669. The molecule has 0 aliphatic rings. The minimum absolute atomic E-state index is 0.913. The van der Waals surface area contributed by atoms with Crippen LogP contribution in [0.5, 0.6) is 0 Å². The van der Waals surface area contributed by atoms with Gasteiger partial charge >= 0.3 is 0 Å². The van der Waals surface area contributed by atoms with E-state index in [0.29, 0.717) is 0 Å². The summed E-state index contributed by atoms with van der Waals surface area (Å²) >= 11 is 0. The SMILES string of the molecule is c1ccc(-c2ccccc2-c2c3ccccc3c(-c3ccc4oc5cc6ccccc6cc5c4c3)c3ccccc23)cc1.c1ccc2c(-c3c4ccccc4c(-c4ccc5oc6ccc7ccccc7c6c5c4)c4ccccc34)cccc2c1. The molecule has 16 aromatic carbocycles. The Labute approximate surface area is 484 Å². The van der Waals surface area contributed by atoms with E-state index in [0.717, 1.165) is 38.5 Å². The van der Waals surface area contributed by atoms with E-state index in [2.05, 4.69) is 303 Å². The molecule has 0 saturated heterocycles. The minimum Gasteiger partial charge on any atom is -0.456 e. The molecule has 0 saturated carbocycles. The highest BCUT2D eigenvalue weighted by atomic mass is 16.3. The third kappa shape index (κ3) is 7.58. The molecule has 0 aliphatic carbocycles. The predicted octanol–water partition coefficient (Wildman–Crippen LogP) is 23.6. The Morgan fingerprint density at radius 3 is 1.14 bits per heavy atom. The van der Waals surface area contributed by atoms with Crippen LogP contribution in [0.25, 0.3) is 175 Å². The first-order chi connectivity index (χ1) is 41.7. The minimum atomic E-state index is 0.913. The lowest BCUT2D eigenvalue weighted by Crippen LogP contribution is -1.92. The van der Waals surface area contributed by atoms with E-state index in [1.165, 1.54) is 136 Å². The fourth-order valence-electron chi connectivity index (χ4n) is 13.8. The van der Waals surface area contributed by atoms with E-state index in [9.17, 15) is 0 Å². The Balaban J connectivity index is 0.000000132. The Hall–Kier alpha value is -11.1. The highest BCUT2D eigenvalue weighted by molar-refractivity contribution is 6.26. The molecule has 2 aromatic heterocycles. The Morgan fingerprint density at radius 2 is 0.548 bits per heavy atom. The molecule has 390 valence electrons. The molecule has 18 rings (SSSR count). The summed E-state index contributed by atoms with van der Waals surface area (Å²) in [5, 5.41) is 22.1. The molecule has 0 aliphatic heterocycles. The van der Waals surface area contributed by atoms with Gasteiger partial charge in [0.2, 0.25) is 0 Å². The molecular weight excluding hydrogens is 1020 g/mol. The Morgan fingerprint density at radius 1 is 0.167 bits per heavy atom. The highest BCUT2D eigenvalue weighted by Crippen LogP contribution is 2.49. The topological polar surface area (TPSA) is 26.3 Å². The van der Waals surface area contributed by atoms with Crippen LogP contribution in [0.2, 0.25) is 0 Å². The smallest absolute Gasteiger partial charge is 0.136 e. The van der Waals surface area contributed by atoms with Crippen LogP contribution in [0.3, 0.4) is 0 Å². The van der Waals surface area contributed by atoms with Crippen molar-refractivity contribution in [2.45, 2.75) is 0 Å². The summed E-state index contributed by atoms with van der Waals surface area (Å²) in [5.41, 5.74) is 16.1. The summed E-state index contributed by atoms with van der Waals surface area (Å²) in [6.45, 7) is 0. The van der Waals surface area contributed by atoms with E-state index in [1.807, 2.05) is 0 Å². The van der Waals surface area contributed by atoms with Gasteiger partial charge in [-0.25, -0.2) is 0 Å². The van der Waals surface area contributed by atoms with E-state index in [-0.39, 0.29) is 0 Å². The maximum Gasteiger partial charge on any atom is 0.136 e. The Kier molecular flexibility index (Phi) is 11.0. The first kappa shape index (κ1) is 47.7. The van der Waals surface area contributed by atoms with Crippen molar-refractivity contribution in [2.75, 3.05) is 0 Å². The van der Waals surface area contributed by atoms with E-state index < -0.39 is 0 Å². The summed E-state index contributed by atoms with van der Waals surface area (Å²) in [4.78, 5) is 0. The zero-order valence-corrected chi connectivity index (χ0v) is 45.7. The number of hydrogen-bond donors (Lipinski definition) is 0. The van der Waals surface area contributed by atoms with Crippen molar-refractivity contribution >= 4 is 119 Å². The van der Waals surface area contributed by atoms with Crippen LogP contribution in [-0.2, 0) is 0 Å². The van der Waals surface area contributed by atoms with Crippen molar-refractivity contribution in [1.82, 2.24) is 0 Å². The molecule has 0 fully saturated rings. The van der Waals surface area contributed by atoms with Crippen molar-refractivity contribution in [3.05, 3.63) is 303 Å². The number of furan rings is 2. The molecule has 84 heavy (non-hydrogen) atoms. The summed E-state index contributed by atoms with van der Waals surface area (Å²) in [6, 6.07) is 109. The zero-order chi connectivity index (χ0) is 55.2. The van der Waals surface area contributed by atoms with Crippen molar-refractivity contribution in [3.63, 3.8) is 0 Å². The molecule has 0 spiro atoms. The molecule has 0 unspecified atom stereocenters. The van der Waals surface area contributed by atoms with Crippen LogP contribution >= 0.6 is 0 Å². The third-order valence-corrected chi connectivity index (χ3v) is 17.5. The molecular formula is C82H50O2. The molecule has 2 heteroatoms. The second kappa shape index (κ2) is 19.3. The van der Waals surface area contributed by atoms with Crippen LogP contribution in [0.15, 0.2) is 312 Å². The number of benzene rings is 16. The van der Waals surface area contributed by atoms with Crippen LogP contribution in [0.1, 0.15) is 0 Å².